The number of thiophene rings is 1. The van der Waals surface area contributed by atoms with Crippen molar-refractivity contribution in [2.45, 2.75) is 20.4 Å². The van der Waals surface area contributed by atoms with Crippen LogP contribution < -0.4 is 5.32 Å². The van der Waals surface area contributed by atoms with Crippen molar-refractivity contribution in [3.8, 4) is 0 Å². The predicted octanol–water partition coefficient (Wildman–Crippen LogP) is 2.55. The minimum Gasteiger partial charge on any atom is -0.464 e. The number of anilines is 1. The fraction of sp³-hybridized carbons (Fsp3) is 0.308. The number of nitrogens with zero attached hydrogens (tertiary/aromatic N) is 2. The van der Waals surface area contributed by atoms with Crippen LogP contribution in [0.5, 0.6) is 0 Å². The van der Waals surface area contributed by atoms with Crippen molar-refractivity contribution < 1.29 is 9.53 Å². The molecule has 100 valence electrons. The molecule has 0 atom stereocenters. The first-order valence-electron chi connectivity index (χ1n) is 5.82. The maximum absolute atomic E-state index is 11.2. The summed E-state index contributed by atoms with van der Waals surface area (Å²) in [5, 5.41) is 10.9. The number of esters is 1. The SMILES string of the molecule is COC(=O)c1ccc(NCc2cc(C)c(C)s2)nn1. The predicted molar refractivity (Wildman–Crippen MR) is 74.5 cm³/mol. The lowest BCUT2D eigenvalue weighted by molar-refractivity contribution is 0.0593. The van der Waals surface area contributed by atoms with Gasteiger partial charge in [-0.1, -0.05) is 0 Å². The lowest BCUT2D eigenvalue weighted by Crippen LogP contribution is -2.07. The maximum atomic E-state index is 11.2. The number of methoxy groups -OCH3 is 1. The summed E-state index contributed by atoms with van der Waals surface area (Å²) in [5.41, 5.74) is 1.50. The van der Waals surface area contributed by atoms with Crippen LogP contribution in [0.4, 0.5) is 5.82 Å². The van der Waals surface area contributed by atoms with Crippen LogP contribution in [0.3, 0.4) is 0 Å². The molecule has 0 aliphatic rings. The molecule has 0 bridgehead atoms. The van der Waals surface area contributed by atoms with Gasteiger partial charge in [0, 0.05) is 9.75 Å². The second-order valence-corrected chi connectivity index (χ2v) is 5.44. The molecule has 2 heterocycles. The zero-order valence-corrected chi connectivity index (χ0v) is 11.9. The molecule has 2 rings (SSSR count). The third kappa shape index (κ3) is 3.29. The van der Waals surface area contributed by atoms with Crippen molar-refractivity contribution in [3.63, 3.8) is 0 Å². The molecule has 0 radical (unpaired) electrons. The molecule has 0 unspecified atom stereocenters. The van der Waals surface area contributed by atoms with E-state index < -0.39 is 5.97 Å². The van der Waals surface area contributed by atoms with Crippen molar-refractivity contribution in [2.24, 2.45) is 0 Å². The molecule has 0 aromatic carbocycles. The average molecular weight is 277 g/mol. The van der Waals surface area contributed by atoms with E-state index in [-0.39, 0.29) is 5.69 Å². The van der Waals surface area contributed by atoms with E-state index in [1.54, 1.807) is 23.5 Å². The van der Waals surface area contributed by atoms with E-state index in [1.807, 2.05) is 0 Å². The molecule has 0 saturated heterocycles. The van der Waals surface area contributed by atoms with Crippen molar-refractivity contribution in [3.05, 3.63) is 39.2 Å². The molecule has 0 saturated carbocycles. The molecule has 2 aromatic rings. The Kier molecular flexibility index (Phi) is 4.11. The van der Waals surface area contributed by atoms with E-state index in [4.69, 9.17) is 0 Å². The molecule has 6 heteroatoms. The lowest BCUT2D eigenvalue weighted by Gasteiger charge is -2.03. The Balaban J connectivity index is 1.98. The number of carbonyl (C=O) groups is 1. The van der Waals surface area contributed by atoms with E-state index in [1.165, 1.54) is 22.4 Å². The number of carbonyl (C=O) groups excluding carboxylic acids is 1. The largest absolute Gasteiger partial charge is 0.464 e. The highest BCUT2D eigenvalue weighted by atomic mass is 32.1. The number of aryl methyl sites for hydroxylation is 2. The van der Waals surface area contributed by atoms with Gasteiger partial charge in [-0.05, 0) is 37.6 Å². The van der Waals surface area contributed by atoms with Gasteiger partial charge in [0.1, 0.15) is 5.82 Å². The second kappa shape index (κ2) is 5.79. The Morgan fingerprint density at radius 3 is 2.68 bits per heavy atom. The maximum Gasteiger partial charge on any atom is 0.358 e. The topological polar surface area (TPSA) is 64.1 Å². The molecule has 0 amide bonds. The summed E-state index contributed by atoms with van der Waals surface area (Å²) < 4.78 is 4.56. The van der Waals surface area contributed by atoms with Crippen molar-refractivity contribution >= 4 is 23.1 Å². The highest BCUT2D eigenvalue weighted by Gasteiger charge is 2.07. The van der Waals surface area contributed by atoms with E-state index in [2.05, 4.69) is 40.2 Å². The Hall–Kier alpha value is -1.95. The van der Waals surface area contributed by atoms with Crippen molar-refractivity contribution in [2.75, 3.05) is 12.4 Å². The van der Waals surface area contributed by atoms with E-state index in [0.717, 1.165) is 0 Å². The van der Waals surface area contributed by atoms with Crippen molar-refractivity contribution in [1.82, 2.24) is 10.2 Å². The molecule has 5 nitrogen and oxygen atoms in total. The van der Waals surface area contributed by atoms with Crippen LogP contribution in [0.2, 0.25) is 0 Å². The molecule has 0 aliphatic carbocycles. The summed E-state index contributed by atoms with van der Waals surface area (Å²) in [4.78, 5) is 13.8. The standard InChI is InChI=1S/C13H15N3O2S/c1-8-6-10(19-9(8)2)7-14-12-5-4-11(15-16-12)13(17)18-3/h4-6H,7H2,1-3H3,(H,14,16). The van der Waals surface area contributed by atoms with Gasteiger partial charge in [0.15, 0.2) is 5.69 Å². The third-order valence-electron chi connectivity index (χ3n) is 2.72. The minimum absolute atomic E-state index is 0.205. The number of aromatic nitrogens is 2. The van der Waals surface area contributed by atoms with Crippen LogP contribution in [-0.2, 0) is 11.3 Å². The molecular formula is C13H15N3O2S. The number of hydrogen-bond donors (Lipinski definition) is 1. The zero-order valence-electron chi connectivity index (χ0n) is 11.1. The zero-order chi connectivity index (χ0) is 13.8. The van der Waals surface area contributed by atoms with Gasteiger partial charge >= 0.3 is 5.97 Å². The van der Waals surface area contributed by atoms with Gasteiger partial charge in [0.2, 0.25) is 0 Å². The highest BCUT2D eigenvalue weighted by molar-refractivity contribution is 7.12. The summed E-state index contributed by atoms with van der Waals surface area (Å²) in [5.74, 6) is 0.153. The van der Waals surface area contributed by atoms with Gasteiger partial charge in [-0.3, -0.25) is 0 Å². The quantitative estimate of drug-likeness (QED) is 0.870. The number of ether oxygens (including phenoxy) is 1. The Labute approximate surface area is 115 Å². The highest BCUT2D eigenvalue weighted by Crippen LogP contribution is 2.21. The molecule has 0 fully saturated rings. The van der Waals surface area contributed by atoms with Crippen LogP contribution in [0.15, 0.2) is 18.2 Å². The third-order valence-corrected chi connectivity index (χ3v) is 3.87. The van der Waals surface area contributed by atoms with Crippen LogP contribution in [0.1, 0.15) is 25.8 Å². The van der Waals surface area contributed by atoms with Gasteiger partial charge in [0.25, 0.3) is 0 Å². The normalized spacial score (nSPS) is 10.3. The number of nitrogens with one attached hydrogen (secondary N) is 1. The van der Waals surface area contributed by atoms with Crippen LogP contribution >= 0.6 is 11.3 Å². The van der Waals surface area contributed by atoms with Gasteiger partial charge in [-0.2, -0.15) is 0 Å². The first-order chi connectivity index (χ1) is 9.10. The molecule has 2 aromatic heterocycles. The average Bonchev–Trinajstić information content (AvgIpc) is 2.75. The summed E-state index contributed by atoms with van der Waals surface area (Å²) in [6.07, 6.45) is 0. The van der Waals surface area contributed by atoms with Crippen molar-refractivity contribution in [1.29, 1.82) is 0 Å². The fourth-order valence-corrected chi connectivity index (χ4v) is 2.55. The fourth-order valence-electron chi connectivity index (χ4n) is 1.55. The van der Waals surface area contributed by atoms with Crippen LogP contribution in [0, 0.1) is 13.8 Å². The monoisotopic (exact) mass is 277 g/mol. The number of hydrogen-bond acceptors (Lipinski definition) is 6. The smallest absolute Gasteiger partial charge is 0.358 e. The van der Waals surface area contributed by atoms with E-state index in [9.17, 15) is 4.79 Å². The Morgan fingerprint density at radius 1 is 1.37 bits per heavy atom. The lowest BCUT2D eigenvalue weighted by atomic mass is 10.3. The summed E-state index contributed by atoms with van der Waals surface area (Å²) in [7, 11) is 1.32. The molecule has 0 spiro atoms. The Bertz CT molecular complexity index is 559. The van der Waals surface area contributed by atoms with E-state index in [0.29, 0.717) is 12.4 Å². The summed E-state index contributed by atoms with van der Waals surface area (Å²) >= 11 is 1.76. The molecule has 1 N–H and O–H groups in total. The molecule has 0 aliphatic heterocycles. The van der Waals surface area contributed by atoms with Gasteiger partial charge in [-0.15, -0.1) is 21.5 Å². The summed E-state index contributed by atoms with van der Waals surface area (Å²) in [6.45, 7) is 4.90. The Morgan fingerprint density at radius 2 is 2.16 bits per heavy atom. The van der Waals surface area contributed by atoms with Crippen LogP contribution in [-0.4, -0.2) is 23.3 Å². The minimum atomic E-state index is -0.483. The van der Waals surface area contributed by atoms with Crippen LogP contribution in [0.25, 0.3) is 0 Å². The number of rotatable bonds is 4. The molecular weight excluding hydrogens is 262 g/mol. The second-order valence-electron chi connectivity index (χ2n) is 4.10. The van der Waals surface area contributed by atoms with Gasteiger partial charge in [-0.25, -0.2) is 4.79 Å². The molecule has 19 heavy (non-hydrogen) atoms. The van der Waals surface area contributed by atoms with Gasteiger partial charge < -0.3 is 10.1 Å². The summed E-state index contributed by atoms with van der Waals surface area (Å²) in [6, 6.07) is 5.46. The van der Waals surface area contributed by atoms with E-state index >= 15 is 0 Å². The first-order valence-corrected chi connectivity index (χ1v) is 6.63. The van der Waals surface area contributed by atoms with Gasteiger partial charge in [0.05, 0.1) is 13.7 Å². The first kappa shape index (κ1) is 13.5.